The molecule has 6 nitrogen and oxygen atoms in total. The molecule has 32 heavy (non-hydrogen) atoms. The molecule has 3 aromatic carbocycles. The van der Waals surface area contributed by atoms with Crippen molar-refractivity contribution in [2.75, 3.05) is 10.6 Å². The van der Waals surface area contributed by atoms with Gasteiger partial charge in [0.1, 0.15) is 0 Å². The fourth-order valence-electron chi connectivity index (χ4n) is 4.69. The van der Waals surface area contributed by atoms with E-state index in [4.69, 9.17) is 0 Å². The van der Waals surface area contributed by atoms with Gasteiger partial charge in [-0.2, -0.15) is 0 Å². The summed E-state index contributed by atoms with van der Waals surface area (Å²) in [5, 5.41) is 18.4. The number of ketones is 1. The molecule has 1 heterocycles. The number of rotatable bonds is 3. The first-order valence-electron chi connectivity index (χ1n) is 10.7. The molecule has 160 valence electrons. The highest BCUT2D eigenvalue weighted by atomic mass is 16.6. The Balaban J connectivity index is 1.64. The van der Waals surface area contributed by atoms with Crippen molar-refractivity contribution in [1.82, 2.24) is 0 Å². The number of non-ortho nitro benzene ring substituents is 1. The number of Topliss-reactive ketones (excluding diaryl/α,β-unsaturated/α-hetero) is 1. The van der Waals surface area contributed by atoms with Crippen molar-refractivity contribution in [3.8, 4) is 0 Å². The van der Waals surface area contributed by atoms with Crippen LogP contribution >= 0.6 is 0 Å². The lowest BCUT2D eigenvalue weighted by atomic mass is 9.78. The number of aryl methyl sites for hydroxylation is 1. The average Bonchev–Trinajstić information content (AvgIpc) is 2.96. The number of carbonyl (C=O) groups is 1. The Labute approximate surface area is 186 Å². The van der Waals surface area contributed by atoms with Gasteiger partial charge in [0.15, 0.2) is 5.78 Å². The molecule has 0 bridgehead atoms. The number of nitro benzene ring substituents is 1. The Morgan fingerprint density at radius 2 is 1.69 bits per heavy atom. The van der Waals surface area contributed by atoms with E-state index in [2.05, 4.69) is 22.8 Å². The Kier molecular flexibility index (Phi) is 4.98. The molecule has 0 saturated heterocycles. The molecule has 2 N–H and O–H groups in total. The predicted molar refractivity (Wildman–Crippen MR) is 125 cm³/mol. The van der Waals surface area contributed by atoms with E-state index in [-0.39, 0.29) is 17.4 Å². The number of anilines is 2. The summed E-state index contributed by atoms with van der Waals surface area (Å²) in [4.78, 5) is 24.5. The fourth-order valence-corrected chi connectivity index (χ4v) is 4.69. The van der Waals surface area contributed by atoms with Crippen LogP contribution in [0.25, 0.3) is 0 Å². The normalized spacial score (nSPS) is 19.8. The summed E-state index contributed by atoms with van der Waals surface area (Å²) in [6.07, 6.45) is 1.11. The lowest BCUT2D eigenvalue weighted by Crippen LogP contribution is -2.26. The summed E-state index contributed by atoms with van der Waals surface area (Å²) in [6, 6.07) is 22.2. The van der Waals surface area contributed by atoms with Gasteiger partial charge < -0.3 is 10.6 Å². The maximum absolute atomic E-state index is 13.5. The molecule has 0 amide bonds. The van der Waals surface area contributed by atoms with Crippen molar-refractivity contribution in [2.24, 2.45) is 0 Å². The smallest absolute Gasteiger partial charge is 0.269 e. The Hall–Kier alpha value is -3.93. The highest BCUT2D eigenvalue weighted by molar-refractivity contribution is 6.01. The van der Waals surface area contributed by atoms with Crippen LogP contribution in [0.4, 0.5) is 17.1 Å². The van der Waals surface area contributed by atoms with E-state index in [1.54, 1.807) is 12.1 Å². The van der Waals surface area contributed by atoms with Crippen LogP contribution < -0.4 is 10.6 Å². The molecular formula is C26H23N3O3. The van der Waals surface area contributed by atoms with Crippen molar-refractivity contribution >= 4 is 22.8 Å². The van der Waals surface area contributed by atoms with Crippen LogP contribution in [0.1, 0.15) is 41.5 Å². The summed E-state index contributed by atoms with van der Waals surface area (Å²) in [5.74, 6) is 0.147. The van der Waals surface area contributed by atoms with Crippen molar-refractivity contribution in [3.05, 3.63) is 111 Å². The minimum Gasteiger partial charge on any atom is -0.372 e. The second kappa shape index (κ2) is 7.96. The number of nitrogens with zero attached hydrogens (tertiary/aromatic N) is 1. The minimum absolute atomic E-state index is 0.0125. The summed E-state index contributed by atoms with van der Waals surface area (Å²) < 4.78 is 0. The lowest BCUT2D eigenvalue weighted by molar-refractivity contribution is -0.384. The molecule has 0 aromatic heterocycles. The molecule has 3 aromatic rings. The van der Waals surface area contributed by atoms with Gasteiger partial charge in [0.25, 0.3) is 5.69 Å². The Morgan fingerprint density at radius 1 is 0.906 bits per heavy atom. The first kappa shape index (κ1) is 20.0. The number of hydrogen-bond donors (Lipinski definition) is 2. The molecule has 0 saturated carbocycles. The van der Waals surface area contributed by atoms with Crippen LogP contribution in [0.5, 0.6) is 0 Å². The summed E-state index contributed by atoms with van der Waals surface area (Å²) in [5.41, 5.74) is 6.25. The third-order valence-corrected chi connectivity index (χ3v) is 6.24. The van der Waals surface area contributed by atoms with Gasteiger partial charge in [-0.1, -0.05) is 48.5 Å². The van der Waals surface area contributed by atoms with Gasteiger partial charge in [0.05, 0.1) is 22.3 Å². The zero-order chi connectivity index (χ0) is 22.2. The number of nitrogens with one attached hydrogen (secondary N) is 2. The van der Waals surface area contributed by atoms with E-state index >= 15 is 0 Å². The Morgan fingerprint density at radius 3 is 2.47 bits per heavy atom. The van der Waals surface area contributed by atoms with Gasteiger partial charge in [-0.05, 0) is 48.1 Å². The number of hydrogen-bond acceptors (Lipinski definition) is 5. The topological polar surface area (TPSA) is 84.3 Å². The largest absolute Gasteiger partial charge is 0.372 e. The van der Waals surface area contributed by atoms with Gasteiger partial charge in [-0.25, -0.2) is 0 Å². The van der Waals surface area contributed by atoms with Crippen LogP contribution in [0.2, 0.25) is 0 Å². The summed E-state index contributed by atoms with van der Waals surface area (Å²) >= 11 is 0. The minimum atomic E-state index is -0.468. The first-order chi connectivity index (χ1) is 15.5. The zero-order valence-corrected chi connectivity index (χ0v) is 17.7. The van der Waals surface area contributed by atoms with Gasteiger partial charge in [-0.3, -0.25) is 14.9 Å². The van der Waals surface area contributed by atoms with E-state index in [9.17, 15) is 14.9 Å². The third-order valence-electron chi connectivity index (χ3n) is 6.24. The Bertz CT molecular complexity index is 1250. The SMILES string of the molecule is Cc1ccc2c(c1)N[C@@H](c1cccc([N+](=O)[O-])c1)C1=C(C[C@@H](c3ccccc3)CC1=O)N2. The average molecular weight is 425 g/mol. The molecule has 2 aliphatic rings. The van der Waals surface area contributed by atoms with Gasteiger partial charge in [0, 0.05) is 29.8 Å². The van der Waals surface area contributed by atoms with Crippen molar-refractivity contribution < 1.29 is 9.72 Å². The number of fused-ring (bicyclic) bond motifs is 1. The highest BCUT2D eigenvalue weighted by Gasteiger charge is 2.36. The van der Waals surface area contributed by atoms with E-state index < -0.39 is 11.0 Å². The molecule has 1 aliphatic heterocycles. The second-order valence-electron chi connectivity index (χ2n) is 8.43. The molecule has 2 atom stereocenters. The standard InChI is InChI=1S/C26H23N3O3/c1-16-10-11-21-22(12-16)28-26(18-8-5-9-20(13-18)29(31)32)25-23(27-21)14-19(15-24(25)30)17-6-3-2-4-7-17/h2-13,19,26-28H,14-15H2,1H3/t19-,26+/m1/s1. The van der Waals surface area contributed by atoms with Gasteiger partial charge in [-0.15, -0.1) is 0 Å². The monoisotopic (exact) mass is 425 g/mol. The third kappa shape index (κ3) is 3.64. The van der Waals surface area contributed by atoms with Gasteiger partial charge in [0.2, 0.25) is 0 Å². The van der Waals surface area contributed by atoms with Crippen LogP contribution in [0.15, 0.2) is 84.1 Å². The number of benzene rings is 3. The maximum atomic E-state index is 13.5. The molecule has 5 rings (SSSR count). The fraction of sp³-hybridized carbons (Fsp3) is 0.192. The number of allylic oxidation sites excluding steroid dienone is 1. The second-order valence-corrected chi connectivity index (χ2v) is 8.43. The van der Waals surface area contributed by atoms with E-state index in [0.29, 0.717) is 24.0 Å². The molecule has 0 fully saturated rings. The molecule has 1 aliphatic carbocycles. The van der Waals surface area contributed by atoms with Crippen molar-refractivity contribution in [3.63, 3.8) is 0 Å². The maximum Gasteiger partial charge on any atom is 0.269 e. The van der Waals surface area contributed by atoms with Crippen LogP contribution in [-0.4, -0.2) is 10.7 Å². The summed E-state index contributed by atoms with van der Waals surface area (Å²) in [7, 11) is 0. The van der Waals surface area contributed by atoms with Crippen molar-refractivity contribution in [1.29, 1.82) is 0 Å². The van der Waals surface area contributed by atoms with Crippen LogP contribution in [-0.2, 0) is 4.79 Å². The molecule has 6 heteroatoms. The van der Waals surface area contributed by atoms with Crippen LogP contribution in [0, 0.1) is 17.0 Å². The predicted octanol–water partition coefficient (Wildman–Crippen LogP) is 5.88. The van der Waals surface area contributed by atoms with E-state index in [1.807, 2.05) is 49.4 Å². The van der Waals surface area contributed by atoms with Crippen molar-refractivity contribution in [2.45, 2.75) is 31.7 Å². The zero-order valence-electron chi connectivity index (χ0n) is 17.7. The molecular weight excluding hydrogens is 402 g/mol. The molecule has 0 spiro atoms. The quantitative estimate of drug-likeness (QED) is 0.404. The van der Waals surface area contributed by atoms with E-state index in [0.717, 1.165) is 28.2 Å². The first-order valence-corrected chi connectivity index (χ1v) is 10.7. The number of carbonyl (C=O) groups excluding carboxylic acids is 1. The summed E-state index contributed by atoms with van der Waals surface area (Å²) in [6.45, 7) is 2.01. The number of nitro groups is 1. The molecule has 0 radical (unpaired) electrons. The highest BCUT2D eigenvalue weighted by Crippen LogP contribution is 2.44. The van der Waals surface area contributed by atoms with E-state index in [1.165, 1.54) is 6.07 Å². The lowest BCUT2D eigenvalue weighted by Gasteiger charge is -2.29. The van der Waals surface area contributed by atoms with Crippen LogP contribution in [0.3, 0.4) is 0 Å². The van der Waals surface area contributed by atoms with Gasteiger partial charge >= 0.3 is 0 Å². The molecule has 0 unspecified atom stereocenters.